The van der Waals surface area contributed by atoms with Crippen molar-refractivity contribution in [3.05, 3.63) is 89.2 Å². The molecule has 1 heterocycles. The van der Waals surface area contributed by atoms with Crippen LogP contribution in [-0.4, -0.2) is 25.9 Å². The van der Waals surface area contributed by atoms with E-state index in [2.05, 4.69) is 5.32 Å². The highest BCUT2D eigenvalue weighted by Gasteiger charge is 2.18. The molecule has 3 aromatic rings. The average molecular weight is 407 g/mol. The van der Waals surface area contributed by atoms with E-state index in [0.717, 1.165) is 22.6 Å². The highest BCUT2D eigenvalue weighted by molar-refractivity contribution is 5.94. The van der Waals surface area contributed by atoms with Gasteiger partial charge in [0.2, 0.25) is 6.79 Å². The van der Waals surface area contributed by atoms with Crippen molar-refractivity contribution in [2.45, 2.75) is 18.9 Å². The average Bonchev–Trinajstić information content (AvgIpc) is 3.22. The summed E-state index contributed by atoms with van der Waals surface area (Å²) in [4.78, 5) is 12.7. The predicted octanol–water partition coefficient (Wildman–Crippen LogP) is 4.15. The number of hydrogen-bond donors (Lipinski definition) is 1. The van der Waals surface area contributed by atoms with E-state index in [1.165, 1.54) is 24.3 Å². The van der Waals surface area contributed by atoms with Crippen molar-refractivity contribution in [2.24, 2.45) is 0 Å². The highest BCUT2D eigenvalue weighted by Crippen LogP contribution is 2.33. The topological polar surface area (TPSA) is 56.8 Å². The Morgan fingerprint density at radius 3 is 2.37 bits per heavy atom. The standard InChI is InChI=1S/C24H22FNO4/c1-28-21-9-2-16(3-10-21)12-20(26-24(27)18-5-7-19(25)8-6-18)13-17-4-11-22-23(14-17)30-15-29-22/h2-11,14,20H,12-13,15H2,1H3,(H,26,27). The zero-order chi connectivity index (χ0) is 20.9. The van der Waals surface area contributed by atoms with Gasteiger partial charge in [-0.3, -0.25) is 4.79 Å². The maximum absolute atomic E-state index is 13.2. The molecule has 3 aromatic carbocycles. The van der Waals surface area contributed by atoms with Gasteiger partial charge in [0.15, 0.2) is 11.5 Å². The van der Waals surface area contributed by atoms with Gasteiger partial charge in [0.05, 0.1) is 7.11 Å². The number of carbonyl (C=O) groups excluding carboxylic acids is 1. The second kappa shape index (κ2) is 8.86. The number of amides is 1. The van der Waals surface area contributed by atoms with Crippen molar-refractivity contribution in [3.8, 4) is 17.2 Å². The van der Waals surface area contributed by atoms with E-state index in [9.17, 15) is 9.18 Å². The second-order valence-corrected chi connectivity index (χ2v) is 7.12. The van der Waals surface area contributed by atoms with Crippen molar-refractivity contribution in [2.75, 3.05) is 13.9 Å². The van der Waals surface area contributed by atoms with E-state index in [4.69, 9.17) is 14.2 Å². The SMILES string of the molecule is COc1ccc(CC(Cc2ccc3c(c2)OCO3)NC(=O)c2ccc(F)cc2)cc1. The predicted molar refractivity (Wildman–Crippen MR) is 111 cm³/mol. The molecule has 0 aliphatic carbocycles. The second-order valence-electron chi connectivity index (χ2n) is 7.12. The Labute approximate surface area is 174 Å². The Morgan fingerprint density at radius 1 is 0.967 bits per heavy atom. The minimum absolute atomic E-state index is 0.170. The van der Waals surface area contributed by atoms with Crippen LogP contribution < -0.4 is 19.5 Å². The minimum Gasteiger partial charge on any atom is -0.497 e. The van der Waals surface area contributed by atoms with E-state index < -0.39 is 0 Å². The summed E-state index contributed by atoms with van der Waals surface area (Å²) in [7, 11) is 1.63. The molecular weight excluding hydrogens is 385 g/mol. The summed E-state index contributed by atoms with van der Waals surface area (Å²) < 4.78 is 29.3. The molecule has 6 heteroatoms. The first-order valence-corrected chi connectivity index (χ1v) is 9.68. The summed E-state index contributed by atoms with van der Waals surface area (Å²) >= 11 is 0. The third-order valence-corrected chi connectivity index (χ3v) is 5.00. The zero-order valence-corrected chi connectivity index (χ0v) is 16.6. The third kappa shape index (κ3) is 4.71. The van der Waals surface area contributed by atoms with Crippen molar-refractivity contribution in [1.29, 1.82) is 0 Å². The van der Waals surface area contributed by atoms with Gasteiger partial charge in [0.1, 0.15) is 11.6 Å². The van der Waals surface area contributed by atoms with Crippen LogP contribution in [0.5, 0.6) is 17.2 Å². The van der Waals surface area contributed by atoms with E-state index in [0.29, 0.717) is 24.2 Å². The van der Waals surface area contributed by atoms with Crippen molar-refractivity contribution in [3.63, 3.8) is 0 Å². The molecule has 1 N–H and O–H groups in total. The molecule has 1 aliphatic rings. The lowest BCUT2D eigenvalue weighted by molar-refractivity contribution is 0.0936. The van der Waals surface area contributed by atoms with Crippen molar-refractivity contribution >= 4 is 5.91 Å². The number of rotatable bonds is 7. The van der Waals surface area contributed by atoms with Gasteiger partial charge < -0.3 is 19.5 Å². The number of hydrogen-bond acceptors (Lipinski definition) is 4. The summed E-state index contributed by atoms with van der Waals surface area (Å²) in [5.74, 6) is 1.60. The molecule has 0 saturated carbocycles. The van der Waals surface area contributed by atoms with Gasteiger partial charge in [-0.25, -0.2) is 4.39 Å². The van der Waals surface area contributed by atoms with Crippen molar-refractivity contribution in [1.82, 2.24) is 5.32 Å². The number of halogens is 1. The van der Waals surface area contributed by atoms with Crippen LogP contribution in [0.25, 0.3) is 0 Å². The van der Waals surface area contributed by atoms with Gasteiger partial charge in [-0.2, -0.15) is 0 Å². The number of ether oxygens (including phenoxy) is 3. The van der Waals surface area contributed by atoms with Crippen LogP contribution in [-0.2, 0) is 12.8 Å². The zero-order valence-electron chi connectivity index (χ0n) is 16.6. The Kier molecular flexibility index (Phi) is 5.84. The fourth-order valence-electron chi connectivity index (χ4n) is 3.44. The van der Waals surface area contributed by atoms with Gasteiger partial charge in [0.25, 0.3) is 5.91 Å². The minimum atomic E-state index is -0.373. The number of carbonyl (C=O) groups is 1. The van der Waals surface area contributed by atoms with Gasteiger partial charge in [-0.1, -0.05) is 18.2 Å². The first kappa shape index (κ1) is 19.8. The lowest BCUT2D eigenvalue weighted by atomic mass is 9.98. The fraction of sp³-hybridized carbons (Fsp3) is 0.208. The number of methoxy groups -OCH3 is 1. The number of benzene rings is 3. The molecule has 1 amide bonds. The quantitative estimate of drug-likeness (QED) is 0.639. The first-order chi connectivity index (χ1) is 14.6. The molecule has 30 heavy (non-hydrogen) atoms. The van der Waals surface area contributed by atoms with Crippen LogP contribution in [0, 0.1) is 5.82 Å². The Hall–Kier alpha value is -3.54. The van der Waals surface area contributed by atoms with Gasteiger partial charge >= 0.3 is 0 Å². The monoisotopic (exact) mass is 407 g/mol. The van der Waals surface area contributed by atoms with Crippen LogP contribution in [0.2, 0.25) is 0 Å². The van der Waals surface area contributed by atoms with Gasteiger partial charge in [-0.15, -0.1) is 0 Å². The largest absolute Gasteiger partial charge is 0.497 e. The molecule has 0 radical (unpaired) electrons. The summed E-state index contributed by atoms with van der Waals surface area (Å²) in [6.07, 6.45) is 1.24. The van der Waals surface area contributed by atoms with Crippen LogP contribution in [0.3, 0.4) is 0 Å². The fourth-order valence-corrected chi connectivity index (χ4v) is 3.44. The third-order valence-electron chi connectivity index (χ3n) is 5.00. The van der Waals surface area contributed by atoms with Crippen molar-refractivity contribution < 1.29 is 23.4 Å². The van der Waals surface area contributed by atoms with E-state index >= 15 is 0 Å². The van der Waals surface area contributed by atoms with Crippen LogP contribution in [0.15, 0.2) is 66.7 Å². The van der Waals surface area contributed by atoms with E-state index in [-0.39, 0.29) is 24.6 Å². The normalized spacial score (nSPS) is 13.0. The van der Waals surface area contributed by atoms with Crippen LogP contribution in [0.4, 0.5) is 4.39 Å². The maximum Gasteiger partial charge on any atom is 0.251 e. The molecule has 4 rings (SSSR count). The molecule has 0 spiro atoms. The van der Waals surface area contributed by atoms with Crippen LogP contribution >= 0.6 is 0 Å². The molecular formula is C24H22FNO4. The molecule has 0 saturated heterocycles. The molecule has 0 fully saturated rings. The molecule has 1 atom stereocenters. The number of nitrogens with one attached hydrogen (secondary N) is 1. The summed E-state index contributed by atoms with van der Waals surface area (Å²) in [6.45, 7) is 0.218. The maximum atomic E-state index is 13.2. The molecule has 0 aromatic heterocycles. The first-order valence-electron chi connectivity index (χ1n) is 9.68. The Bertz CT molecular complexity index is 1020. The molecule has 1 unspecified atom stereocenters. The Balaban J connectivity index is 1.53. The molecule has 1 aliphatic heterocycles. The summed E-state index contributed by atoms with van der Waals surface area (Å²) in [5.41, 5.74) is 2.51. The van der Waals surface area contributed by atoms with Gasteiger partial charge in [0, 0.05) is 11.6 Å². The highest BCUT2D eigenvalue weighted by atomic mass is 19.1. The van der Waals surface area contributed by atoms with E-state index in [1.54, 1.807) is 7.11 Å². The van der Waals surface area contributed by atoms with E-state index in [1.807, 2.05) is 42.5 Å². The lowest BCUT2D eigenvalue weighted by Gasteiger charge is -2.20. The molecule has 154 valence electrons. The number of fused-ring (bicyclic) bond motifs is 1. The van der Waals surface area contributed by atoms with Crippen LogP contribution in [0.1, 0.15) is 21.5 Å². The lowest BCUT2D eigenvalue weighted by Crippen LogP contribution is -2.38. The molecule has 0 bridgehead atoms. The smallest absolute Gasteiger partial charge is 0.251 e. The molecule has 5 nitrogen and oxygen atoms in total. The Morgan fingerprint density at radius 2 is 1.63 bits per heavy atom. The summed E-state index contributed by atoms with van der Waals surface area (Å²) in [6, 6.07) is 18.9. The summed E-state index contributed by atoms with van der Waals surface area (Å²) in [5, 5.41) is 3.08. The van der Waals surface area contributed by atoms with Gasteiger partial charge in [-0.05, 0) is 72.5 Å².